The van der Waals surface area contributed by atoms with Crippen LogP contribution in [0.1, 0.15) is 87.3 Å². The number of aryl methyl sites for hydroxylation is 2. The summed E-state index contributed by atoms with van der Waals surface area (Å²) in [5, 5.41) is 12.4. The van der Waals surface area contributed by atoms with Crippen LogP contribution in [0, 0.1) is 24.6 Å². The fourth-order valence-electron chi connectivity index (χ4n) is 9.27. The van der Waals surface area contributed by atoms with Crippen LogP contribution in [0.2, 0.25) is 48.9 Å². The molecule has 1 unspecified atom stereocenters. The van der Waals surface area contributed by atoms with E-state index in [4.69, 9.17) is 43.2 Å². The van der Waals surface area contributed by atoms with Crippen LogP contribution in [-0.4, -0.2) is 116 Å². The second kappa shape index (κ2) is 28.5. The van der Waals surface area contributed by atoms with Crippen molar-refractivity contribution in [3.63, 3.8) is 0 Å². The Morgan fingerprint density at radius 1 is 0.831 bits per heavy atom. The summed E-state index contributed by atoms with van der Waals surface area (Å²) in [6.45, 7) is 30.0. The van der Waals surface area contributed by atoms with E-state index in [0.717, 1.165) is 26.6 Å². The zero-order valence-electron chi connectivity index (χ0n) is 51.5. The molecule has 3 aromatic heterocycles. The van der Waals surface area contributed by atoms with Gasteiger partial charge in [-0.1, -0.05) is 157 Å². The number of hydrogen-bond acceptors (Lipinski definition) is 14. The number of anilines is 2. The lowest BCUT2D eigenvalue weighted by molar-refractivity contribution is 0.0593. The van der Waals surface area contributed by atoms with Gasteiger partial charge >= 0.3 is 5.97 Å². The molecule has 0 N–H and O–H groups in total. The Bertz CT molecular complexity index is 3360. The maximum absolute atomic E-state index is 15.2. The SMILES string of the molecule is COC(=O)c1nc(N(CCCC(CO[Si](C)(C)C(C)(C)C)O[Si](c2ccccc2)(c2ccccc2)C(C)(C)C)c2cc(C)c(N=c3sc4ccccc4n3COCC[Si](C)(C)C)nn2)sc1CCCOc1ccc(C#CCN(C)C)cc1F. The Hall–Kier alpha value is -5.67. The third kappa shape index (κ3) is 17.0. The van der Waals surface area contributed by atoms with E-state index in [-0.39, 0.29) is 34.2 Å². The minimum atomic E-state index is -3.03. The van der Waals surface area contributed by atoms with Gasteiger partial charge in [-0.2, -0.15) is 4.99 Å². The van der Waals surface area contributed by atoms with Crippen molar-refractivity contribution in [1.82, 2.24) is 24.6 Å². The number of thiazole rings is 2. The number of ether oxygens (including phenoxy) is 3. The van der Waals surface area contributed by atoms with Crippen molar-refractivity contribution in [2.75, 3.05) is 59.0 Å². The zero-order chi connectivity index (χ0) is 60.2. The van der Waals surface area contributed by atoms with Crippen molar-refractivity contribution in [3.05, 3.63) is 142 Å². The van der Waals surface area contributed by atoms with Gasteiger partial charge in [0.1, 0.15) is 6.73 Å². The Morgan fingerprint density at radius 2 is 1.51 bits per heavy atom. The summed E-state index contributed by atoms with van der Waals surface area (Å²) in [7, 11) is -1.35. The number of carbonyl (C=O) groups excluding carboxylic acids is 1. The highest BCUT2D eigenvalue weighted by Crippen LogP contribution is 2.41. The van der Waals surface area contributed by atoms with Crippen molar-refractivity contribution in [2.24, 2.45) is 4.99 Å². The number of halogens is 1. The summed E-state index contributed by atoms with van der Waals surface area (Å²) < 4.78 is 51.0. The molecule has 0 bridgehead atoms. The molecule has 19 heteroatoms. The summed E-state index contributed by atoms with van der Waals surface area (Å²) in [5.74, 6) is 6.17. The number of nitrogens with zero attached hydrogens (tertiary/aromatic N) is 7. The van der Waals surface area contributed by atoms with E-state index in [1.807, 2.05) is 49.0 Å². The van der Waals surface area contributed by atoms with Gasteiger partial charge in [0, 0.05) is 31.7 Å². The minimum absolute atomic E-state index is 0.0198. The van der Waals surface area contributed by atoms with E-state index in [2.05, 4.69) is 163 Å². The highest BCUT2D eigenvalue weighted by molar-refractivity contribution is 7.16. The van der Waals surface area contributed by atoms with E-state index in [1.54, 1.807) is 23.5 Å². The smallest absolute Gasteiger partial charge is 0.357 e. The Kier molecular flexibility index (Phi) is 22.3. The van der Waals surface area contributed by atoms with Gasteiger partial charge in [0.05, 0.1) is 43.2 Å². The topological polar surface area (TPSA) is 126 Å². The van der Waals surface area contributed by atoms with Crippen LogP contribution in [0.3, 0.4) is 0 Å². The molecular formula is C64H86FN7O6S2Si3. The van der Waals surface area contributed by atoms with Crippen LogP contribution >= 0.6 is 22.7 Å². The van der Waals surface area contributed by atoms with Crippen molar-refractivity contribution >= 4 is 90.7 Å². The first-order valence-electron chi connectivity index (χ1n) is 28.7. The van der Waals surface area contributed by atoms with Crippen molar-refractivity contribution in [3.8, 4) is 17.6 Å². The normalized spacial score (nSPS) is 13.1. The lowest BCUT2D eigenvalue weighted by Crippen LogP contribution is -2.68. The molecule has 0 radical (unpaired) electrons. The zero-order valence-corrected chi connectivity index (χ0v) is 56.2. The standard InChI is InChI=1S/C64H86FN7O6S2Si3/c1-47-43-57(68-69-59(47)67-62-72(46-75-41-42-81(11,12)13)53-33-22-23-34-55(53)79-62)71(61-66-58(60(73)74-10)56(80-61)35-26-40-76-54-37-36-48(44-52(54)65)27-24-38-70(8)9)39-25-28-49(45-77-82(14,15)63(2,3)4)78-83(64(5,6)7,50-29-18-16-19-30-50)51-31-20-17-21-32-51/h16-23,29-34,36-37,43-44,49H,25-26,28,35,38-42,45-46H2,1-15H3. The van der Waals surface area contributed by atoms with Crippen molar-refractivity contribution in [1.29, 1.82) is 0 Å². The van der Waals surface area contributed by atoms with Crippen LogP contribution < -0.4 is 24.8 Å². The molecule has 7 aromatic rings. The molecule has 0 spiro atoms. The predicted octanol–water partition coefficient (Wildman–Crippen LogP) is 13.5. The van der Waals surface area contributed by atoms with Gasteiger partial charge in [-0.25, -0.2) is 14.2 Å². The molecule has 7 rings (SSSR count). The Labute approximate surface area is 503 Å². The lowest BCUT2D eigenvalue weighted by atomic mass is 10.2. The monoisotopic (exact) mass is 1220 g/mol. The predicted molar refractivity (Wildman–Crippen MR) is 347 cm³/mol. The number of para-hydroxylation sites is 1. The fraction of sp³-hybridized carbons (Fsp3) is 0.453. The van der Waals surface area contributed by atoms with E-state index < -0.39 is 36.5 Å². The molecule has 0 aliphatic carbocycles. The fourth-order valence-corrected chi connectivity index (χ4v) is 17.9. The van der Waals surface area contributed by atoms with Crippen LogP contribution in [-0.2, 0) is 31.5 Å². The largest absolute Gasteiger partial charge is 0.491 e. The summed E-state index contributed by atoms with van der Waals surface area (Å²) in [4.78, 5) is 29.3. The Morgan fingerprint density at radius 3 is 2.12 bits per heavy atom. The minimum Gasteiger partial charge on any atom is -0.491 e. The van der Waals surface area contributed by atoms with Gasteiger partial charge in [-0.3, -0.25) is 9.47 Å². The average molecular weight is 1220 g/mol. The molecule has 3 heterocycles. The van der Waals surface area contributed by atoms with E-state index in [0.29, 0.717) is 85.9 Å². The molecule has 0 amide bonds. The quantitative estimate of drug-likeness (QED) is 0.0223. The number of aromatic nitrogens is 4. The van der Waals surface area contributed by atoms with Crippen molar-refractivity contribution < 1.29 is 32.2 Å². The van der Waals surface area contributed by atoms with Gasteiger partial charge in [0.25, 0.3) is 8.32 Å². The van der Waals surface area contributed by atoms with Gasteiger partial charge in [0.2, 0.25) is 0 Å². The summed E-state index contributed by atoms with van der Waals surface area (Å²) >= 11 is 2.98. The molecule has 0 aliphatic rings. The number of benzene rings is 4. The van der Waals surface area contributed by atoms with Crippen LogP contribution in [0.25, 0.3) is 10.2 Å². The van der Waals surface area contributed by atoms with Crippen LogP contribution in [0.4, 0.5) is 21.2 Å². The first-order chi connectivity index (χ1) is 39.3. The second-order valence-electron chi connectivity index (χ2n) is 25.1. The van der Waals surface area contributed by atoms with Gasteiger partial charge in [-0.05, 0) is 128 Å². The molecule has 13 nitrogen and oxygen atoms in total. The number of fused-ring (bicyclic) bond motifs is 1. The molecular weight excluding hydrogens is 1130 g/mol. The number of rotatable bonds is 26. The first-order valence-corrected chi connectivity index (χ1v) is 38.9. The van der Waals surface area contributed by atoms with Crippen LogP contribution in [0.5, 0.6) is 5.75 Å². The lowest BCUT2D eigenvalue weighted by Gasteiger charge is -2.46. The number of hydrogen-bond donors (Lipinski definition) is 0. The molecule has 83 heavy (non-hydrogen) atoms. The third-order valence-electron chi connectivity index (χ3n) is 15.0. The molecule has 444 valence electrons. The van der Waals surface area contributed by atoms with E-state index in [1.165, 1.54) is 34.9 Å². The molecule has 0 saturated heterocycles. The number of methoxy groups -OCH3 is 1. The molecule has 0 fully saturated rings. The molecule has 4 aromatic carbocycles. The highest BCUT2D eigenvalue weighted by Gasteiger charge is 2.52. The number of carbonyl (C=O) groups is 1. The molecule has 1 atom stereocenters. The summed E-state index contributed by atoms with van der Waals surface area (Å²) in [6.07, 6.45) is 1.87. The first kappa shape index (κ1) is 64.9. The van der Waals surface area contributed by atoms with E-state index in [9.17, 15) is 4.79 Å². The highest BCUT2D eigenvalue weighted by atomic mass is 32.1. The third-order valence-corrected chi connectivity index (χ3v) is 28.5. The Balaban J connectivity index is 1.25. The maximum atomic E-state index is 15.2. The van der Waals surface area contributed by atoms with Gasteiger partial charge in [-0.15, -0.1) is 21.5 Å². The van der Waals surface area contributed by atoms with Crippen molar-refractivity contribution in [2.45, 2.75) is 136 Å². The van der Waals surface area contributed by atoms with Gasteiger partial charge < -0.3 is 28.0 Å². The van der Waals surface area contributed by atoms with E-state index >= 15 is 4.39 Å². The van der Waals surface area contributed by atoms with Gasteiger partial charge in [0.15, 0.2) is 47.1 Å². The molecule has 0 aliphatic heterocycles. The number of esters is 1. The van der Waals surface area contributed by atoms with Crippen LogP contribution in [0.15, 0.2) is 114 Å². The second-order valence-corrected chi connectivity index (χ2v) is 41.9. The summed E-state index contributed by atoms with van der Waals surface area (Å²) in [6, 6.07) is 37.5. The maximum Gasteiger partial charge on any atom is 0.357 e. The summed E-state index contributed by atoms with van der Waals surface area (Å²) in [5.41, 5.74) is 2.63. The molecule has 0 saturated carbocycles. The average Bonchev–Trinajstić information content (AvgIpc) is 4.03.